The highest BCUT2D eigenvalue weighted by atomic mass is 79.9. The molecule has 2 fully saturated rings. The summed E-state index contributed by atoms with van der Waals surface area (Å²) in [5.41, 5.74) is 2.74. The summed E-state index contributed by atoms with van der Waals surface area (Å²) in [6.07, 6.45) is 4.19. The topological polar surface area (TPSA) is 99.1 Å². The molecule has 0 saturated carbocycles. The Bertz CT molecular complexity index is 1150. The molecule has 10 heteroatoms. The Morgan fingerprint density at radius 1 is 1.10 bits per heavy atom. The zero-order chi connectivity index (χ0) is 19.4. The summed E-state index contributed by atoms with van der Waals surface area (Å²) in [5.74, 6) is 2.25. The van der Waals surface area contributed by atoms with E-state index in [1.54, 1.807) is 10.7 Å². The molecule has 1 aromatic carbocycles. The van der Waals surface area contributed by atoms with Gasteiger partial charge in [-0.2, -0.15) is 19.6 Å². The van der Waals surface area contributed by atoms with Crippen LogP contribution in [0.1, 0.15) is 18.7 Å². The van der Waals surface area contributed by atoms with E-state index < -0.39 is 0 Å². The Labute approximate surface area is 175 Å². The van der Waals surface area contributed by atoms with Gasteiger partial charge in [-0.1, -0.05) is 12.1 Å². The SMILES string of the molecule is Brc1cnn2c(NCc3nc4ccccc4[nH]3)nc(N3CC4CCC(C3)N4)nc12. The minimum atomic E-state index is 0.518. The zero-order valence-electron chi connectivity index (χ0n) is 15.6. The Morgan fingerprint density at radius 2 is 1.93 bits per heavy atom. The van der Waals surface area contributed by atoms with E-state index in [1.807, 2.05) is 24.3 Å². The van der Waals surface area contributed by atoms with E-state index in [-0.39, 0.29) is 0 Å². The van der Waals surface area contributed by atoms with Crippen LogP contribution in [-0.2, 0) is 6.54 Å². The lowest BCUT2D eigenvalue weighted by atomic mass is 10.2. The fraction of sp³-hybridized carbons (Fsp3) is 0.368. The maximum Gasteiger partial charge on any atom is 0.230 e. The summed E-state index contributed by atoms with van der Waals surface area (Å²) >= 11 is 3.56. The molecule has 0 radical (unpaired) electrons. The van der Waals surface area contributed by atoms with E-state index >= 15 is 0 Å². The summed E-state index contributed by atoms with van der Waals surface area (Å²) in [6, 6.07) is 9.06. The van der Waals surface area contributed by atoms with Crippen LogP contribution in [-0.4, -0.2) is 54.7 Å². The highest BCUT2D eigenvalue weighted by Gasteiger charge is 2.33. The van der Waals surface area contributed by atoms with Crippen LogP contribution in [0.5, 0.6) is 0 Å². The lowest BCUT2D eigenvalue weighted by Crippen LogP contribution is -2.51. The average molecular weight is 454 g/mol. The summed E-state index contributed by atoms with van der Waals surface area (Å²) in [4.78, 5) is 19.9. The third kappa shape index (κ3) is 3.03. The van der Waals surface area contributed by atoms with Crippen molar-refractivity contribution in [2.75, 3.05) is 23.3 Å². The van der Waals surface area contributed by atoms with Crippen molar-refractivity contribution in [2.45, 2.75) is 31.5 Å². The minimum absolute atomic E-state index is 0.518. The molecular weight excluding hydrogens is 434 g/mol. The van der Waals surface area contributed by atoms with Gasteiger partial charge in [-0.05, 0) is 40.9 Å². The van der Waals surface area contributed by atoms with Crippen molar-refractivity contribution >= 4 is 44.5 Å². The van der Waals surface area contributed by atoms with Gasteiger partial charge in [0.2, 0.25) is 11.9 Å². The summed E-state index contributed by atoms with van der Waals surface area (Å²) in [7, 11) is 0. The molecule has 6 rings (SSSR count). The maximum absolute atomic E-state index is 4.82. The van der Waals surface area contributed by atoms with Crippen molar-refractivity contribution in [3.63, 3.8) is 0 Å². The van der Waals surface area contributed by atoms with Crippen LogP contribution in [0, 0.1) is 0 Å². The van der Waals surface area contributed by atoms with Gasteiger partial charge in [0, 0.05) is 25.2 Å². The van der Waals surface area contributed by atoms with Crippen LogP contribution in [0.15, 0.2) is 34.9 Å². The predicted octanol–water partition coefficient (Wildman–Crippen LogP) is 2.32. The van der Waals surface area contributed by atoms with Crippen molar-refractivity contribution in [2.24, 2.45) is 0 Å². The van der Waals surface area contributed by atoms with Gasteiger partial charge < -0.3 is 20.5 Å². The number of anilines is 2. The number of hydrogen-bond acceptors (Lipinski definition) is 7. The molecule has 9 nitrogen and oxygen atoms in total. The molecule has 2 saturated heterocycles. The molecule has 2 bridgehead atoms. The van der Waals surface area contributed by atoms with Gasteiger partial charge >= 0.3 is 0 Å². The summed E-state index contributed by atoms with van der Waals surface area (Å²) in [6.45, 7) is 2.38. The second kappa shape index (κ2) is 6.67. The smallest absolute Gasteiger partial charge is 0.230 e. The number of benzene rings is 1. The van der Waals surface area contributed by atoms with Gasteiger partial charge in [0.15, 0.2) is 5.65 Å². The summed E-state index contributed by atoms with van der Waals surface area (Å²) in [5, 5.41) is 11.5. The number of aromatic nitrogens is 6. The fourth-order valence-corrected chi connectivity index (χ4v) is 4.66. The first-order valence-corrected chi connectivity index (χ1v) is 10.6. The molecule has 5 heterocycles. The van der Waals surface area contributed by atoms with Gasteiger partial charge in [-0.25, -0.2) is 4.98 Å². The lowest BCUT2D eigenvalue weighted by molar-refractivity contribution is 0.460. The number of aromatic amines is 1. The highest BCUT2D eigenvalue weighted by molar-refractivity contribution is 9.10. The molecule has 0 amide bonds. The van der Waals surface area contributed by atoms with E-state index in [0.717, 1.165) is 46.0 Å². The fourth-order valence-electron chi connectivity index (χ4n) is 4.31. The third-order valence-electron chi connectivity index (χ3n) is 5.66. The van der Waals surface area contributed by atoms with E-state index in [2.05, 4.69) is 46.5 Å². The molecule has 2 aliphatic rings. The Hall–Kier alpha value is -2.72. The molecule has 4 aromatic rings. The number of piperazine rings is 1. The standard InChI is InChI=1S/C19H20BrN9/c20-13-7-22-29-17(13)26-19(28-9-11-5-6-12(10-28)23-11)27-18(29)21-8-16-24-14-3-1-2-4-15(14)25-16/h1-4,7,11-12,23H,5-6,8-10H2,(H,24,25)(H,21,26,27). The van der Waals surface area contributed by atoms with E-state index in [4.69, 9.17) is 9.97 Å². The second-order valence-corrected chi connectivity index (χ2v) is 8.53. The molecule has 3 aromatic heterocycles. The van der Waals surface area contributed by atoms with Crippen molar-refractivity contribution in [3.05, 3.63) is 40.8 Å². The van der Waals surface area contributed by atoms with Gasteiger partial charge in [0.1, 0.15) is 5.82 Å². The Balaban J connectivity index is 1.33. The maximum atomic E-state index is 4.82. The van der Waals surface area contributed by atoms with Crippen LogP contribution in [0.3, 0.4) is 0 Å². The normalized spacial score (nSPS) is 21.3. The van der Waals surface area contributed by atoms with Crippen LogP contribution >= 0.6 is 15.9 Å². The average Bonchev–Trinajstić information content (AvgIpc) is 3.42. The Morgan fingerprint density at radius 3 is 2.76 bits per heavy atom. The van der Waals surface area contributed by atoms with Crippen molar-refractivity contribution in [1.29, 1.82) is 0 Å². The van der Waals surface area contributed by atoms with E-state index in [1.165, 1.54) is 12.8 Å². The molecule has 0 aliphatic carbocycles. The van der Waals surface area contributed by atoms with Crippen LogP contribution in [0.4, 0.5) is 11.9 Å². The zero-order valence-corrected chi connectivity index (χ0v) is 17.2. The molecule has 0 spiro atoms. The first kappa shape index (κ1) is 17.2. The number of hydrogen-bond donors (Lipinski definition) is 3. The molecular formula is C19H20BrN9. The molecule has 148 valence electrons. The quantitative estimate of drug-likeness (QED) is 0.435. The monoisotopic (exact) mass is 453 g/mol. The van der Waals surface area contributed by atoms with Crippen LogP contribution in [0.2, 0.25) is 0 Å². The number of halogens is 1. The van der Waals surface area contributed by atoms with Crippen LogP contribution < -0.4 is 15.5 Å². The number of rotatable bonds is 4. The van der Waals surface area contributed by atoms with E-state index in [0.29, 0.717) is 24.6 Å². The number of para-hydroxylation sites is 2. The van der Waals surface area contributed by atoms with Gasteiger partial charge in [0.05, 0.1) is 28.2 Å². The highest BCUT2D eigenvalue weighted by Crippen LogP contribution is 2.26. The molecule has 2 unspecified atom stereocenters. The second-order valence-electron chi connectivity index (χ2n) is 7.67. The summed E-state index contributed by atoms with van der Waals surface area (Å²) < 4.78 is 2.58. The molecule has 2 aliphatic heterocycles. The Kier molecular flexibility index (Phi) is 3.95. The number of imidazole rings is 1. The third-order valence-corrected chi connectivity index (χ3v) is 6.22. The van der Waals surface area contributed by atoms with Gasteiger partial charge in [0.25, 0.3) is 0 Å². The van der Waals surface area contributed by atoms with E-state index in [9.17, 15) is 0 Å². The lowest BCUT2D eigenvalue weighted by Gasteiger charge is -2.33. The van der Waals surface area contributed by atoms with Gasteiger partial charge in [-0.3, -0.25) is 0 Å². The predicted molar refractivity (Wildman–Crippen MR) is 114 cm³/mol. The number of nitrogens with one attached hydrogen (secondary N) is 3. The number of fused-ring (bicyclic) bond motifs is 4. The number of nitrogens with zero attached hydrogens (tertiary/aromatic N) is 6. The molecule has 3 N–H and O–H groups in total. The first-order chi connectivity index (χ1) is 14.2. The first-order valence-electron chi connectivity index (χ1n) is 9.83. The largest absolute Gasteiger partial charge is 0.347 e. The molecule has 2 atom stereocenters. The molecule has 29 heavy (non-hydrogen) atoms. The van der Waals surface area contributed by atoms with Crippen molar-refractivity contribution < 1.29 is 0 Å². The van der Waals surface area contributed by atoms with Gasteiger partial charge in [-0.15, -0.1) is 0 Å². The minimum Gasteiger partial charge on any atom is -0.347 e. The van der Waals surface area contributed by atoms with Crippen molar-refractivity contribution in [3.8, 4) is 0 Å². The number of H-pyrrole nitrogens is 1. The van der Waals surface area contributed by atoms with Crippen molar-refractivity contribution in [1.82, 2.24) is 34.9 Å². The van der Waals surface area contributed by atoms with Crippen LogP contribution in [0.25, 0.3) is 16.7 Å².